The number of esters is 1. The van der Waals surface area contributed by atoms with E-state index in [0.29, 0.717) is 29.8 Å². The molecule has 3 aliphatic rings. The van der Waals surface area contributed by atoms with Crippen molar-refractivity contribution in [3.63, 3.8) is 0 Å². The summed E-state index contributed by atoms with van der Waals surface area (Å²) >= 11 is 0. The van der Waals surface area contributed by atoms with Gasteiger partial charge in [0.1, 0.15) is 23.3 Å². The van der Waals surface area contributed by atoms with Crippen molar-refractivity contribution in [1.82, 2.24) is 4.90 Å². The SMILES string of the molecule is C=CCCOC(=O)[C@@H]1[C@H]2C(=O)N([C@H](CO)c3ccccc3)C(C(=O)N(CC=C)c3ccc(OC)cc3)C23CC(C)[C@@]1(C)O3. The van der Waals surface area contributed by atoms with Crippen LogP contribution in [0.25, 0.3) is 0 Å². The first-order chi connectivity index (χ1) is 20.7. The second-order valence-corrected chi connectivity index (χ2v) is 11.7. The predicted octanol–water partition coefficient (Wildman–Crippen LogP) is 4.08. The lowest BCUT2D eigenvalue weighted by atomic mass is 9.62. The van der Waals surface area contributed by atoms with Crippen molar-refractivity contribution in [2.75, 3.05) is 31.8 Å². The van der Waals surface area contributed by atoms with E-state index in [1.165, 1.54) is 4.90 Å². The first kappa shape index (κ1) is 30.5. The number of benzene rings is 2. The molecule has 3 aliphatic heterocycles. The van der Waals surface area contributed by atoms with Gasteiger partial charge in [-0.05, 0) is 55.5 Å². The highest BCUT2D eigenvalue weighted by molar-refractivity contribution is 6.05. The molecule has 228 valence electrons. The molecule has 2 aromatic rings. The Morgan fingerprint density at radius 1 is 1.16 bits per heavy atom. The smallest absolute Gasteiger partial charge is 0.312 e. The van der Waals surface area contributed by atoms with Gasteiger partial charge in [-0.2, -0.15) is 0 Å². The molecular formula is C34H40N2O7. The fraction of sp³-hybridized carbons (Fsp3) is 0.441. The maximum Gasteiger partial charge on any atom is 0.312 e. The van der Waals surface area contributed by atoms with E-state index in [-0.39, 0.29) is 25.0 Å². The highest BCUT2D eigenvalue weighted by atomic mass is 16.6. The van der Waals surface area contributed by atoms with Gasteiger partial charge < -0.3 is 29.1 Å². The summed E-state index contributed by atoms with van der Waals surface area (Å²) in [5, 5.41) is 10.7. The van der Waals surface area contributed by atoms with Gasteiger partial charge in [0.05, 0.1) is 37.9 Å². The third-order valence-electron chi connectivity index (χ3n) is 9.46. The van der Waals surface area contributed by atoms with Crippen LogP contribution >= 0.6 is 0 Å². The lowest BCUT2D eigenvalue weighted by molar-refractivity contribution is -0.162. The van der Waals surface area contributed by atoms with Gasteiger partial charge in [-0.1, -0.05) is 49.4 Å². The van der Waals surface area contributed by atoms with Gasteiger partial charge in [0.25, 0.3) is 5.91 Å². The number of rotatable bonds is 12. The number of aliphatic hydroxyl groups excluding tert-OH is 1. The van der Waals surface area contributed by atoms with Gasteiger partial charge in [-0.3, -0.25) is 14.4 Å². The molecule has 1 N–H and O–H groups in total. The zero-order valence-electron chi connectivity index (χ0n) is 25.0. The third kappa shape index (κ3) is 4.84. The summed E-state index contributed by atoms with van der Waals surface area (Å²) in [7, 11) is 1.57. The van der Waals surface area contributed by atoms with Crippen molar-refractivity contribution in [3.05, 3.63) is 85.5 Å². The summed E-state index contributed by atoms with van der Waals surface area (Å²) in [5.74, 6) is -2.71. The minimum Gasteiger partial charge on any atom is -0.497 e. The van der Waals surface area contributed by atoms with E-state index >= 15 is 0 Å². The second kappa shape index (κ2) is 12.0. The summed E-state index contributed by atoms with van der Waals surface area (Å²) < 4.78 is 17.8. The standard InChI is InChI=1S/C34H40N2O7/c1-6-8-19-42-32(40)28-27-30(38)36(26(21-37)23-12-10-9-11-13-23)29(34(27)20-22(3)33(28,4)43-34)31(39)35(18-7-2)24-14-16-25(41-5)17-15-24/h6-7,9-17,22,26-29,37H,1-2,8,18-21H2,3-5H3/t22?,26-,27+,28+,29?,33-,34?/m1/s1. The number of amides is 2. The van der Waals surface area contributed by atoms with Gasteiger partial charge >= 0.3 is 5.97 Å². The topological polar surface area (TPSA) is 106 Å². The number of aliphatic hydroxyl groups is 1. The highest BCUT2D eigenvalue weighted by Crippen LogP contribution is 2.66. The van der Waals surface area contributed by atoms with Crippen molar-refractivity contribution in [2.24, 2.45) is 17.8 Å². The average molecular weight is 589 g/mol. The lowest BCUT2D eigenvalue weighted by Gasteiger charge is -2.39. The molecule has 9 nitrogen and oxygen atoms in total. The number of likely N-dealkylation sites (tertiary alicyclic amines) is 1. The number of carbonyl (C=O) groups is 3. The van der Waals surface area contributed by atoms with E-state index in [9.17, 15) is 19.5 Å². The molecule has 7 atom stereocenters. The number of carbonyl (C=O) groups excluding carboxylic acids is 3. The van der Waals surface area contributed by atoms with Crippen LogP contribution in [0.5, 0.6) is 5.75 Å². The molecule has 9 heteroatoms. The van der Waals surface area contributed by atoms with Gasteiger partial charge in [0.15, 0.2) is 0 Å². The monoisotopic (exact) mass is 588 g/mol. The molecule has 0 saturated carbocycles. The fourth-order valence-corrected chi connectivity index (χ4v) is 7.37. The number of nitrogens with zero attached hydrogens (tertiary/aromatic N) is 2. The Kier molecular flexibility index (Phi) is 8.49. The van der Waals surface area contributed by atoms with E-state index in [2.05, 4.69) is 13.2 Å². The molecule has 2 aromatic carbocycles. The molecule has 3 unspecified atom stereocenters. The molecule has 43 heavy (non-hydrogen) atoms. The van der Waals surface area contributed by atoms with Crippen molar-refractivity contribution >= 4 is 23.5 Å². The quantitative estimate of drug-likeness (QED) is 0.226. The van der Waals surface area contributed by atoms with Crippen LogP contribution in [0.2, 0.25) is 0 Å². The van der Waals surface area contributed by atoms with Crippen LogP contribution in [0.15, 0.2) is 79.9 Å². The lowest BCUT2D eigenvalue weighted by Crippen LogP contribution is -2.57. The number of ether oxygens (including phenoxy) is 3. The van der Waals surface area contributed by atoms with E-state index in [4.69, 9.17) is 14.2 Å². The molecule has 3 heterocycles. The third-order valence-corrected chi connectivity index (χ3v) is 9.46. The molecule has 2 bridgehead atoms. The van der Waals surface area contributed by atoms with E-state index in [1.54, 1.807) is 48.4 Å². The van der Waals surface area contributed by atoms with Gasteiger partial charge in [-0.25, -0.2) is 0 Å². The first-order valence-corrected chi connectivity index (χ1v) is 14.7. The summed E-state index contributed by atoms with van der Waals surface area (Å²) in [6.45, 7) is 11.3. The van der Waals surface area contributed by atoms with E-state index in [0.717, 1.165) is 0 Å². The fourth-order valence-electron chi connectivity index (χ4n) is 7.37. The van der Waals surface area contributed by atoms with Crippen LogP contribution < -0.4 is 9.64 Å². The van der Waals surface area contributed by atoms with Gasteiger partial charge in [-0.15, -0.1) is 13.2 Å². The zero-order valence-corrected chi connectivity index (χ0v) is 25.0. The van der Waals surface area contributed by atoms with Crippen LogP contribution in [-0.4, -0.2) is 71.9 Å². The maximum absolute atomic E-state index is 14.9. The summed E-state index contributed by atoms with van der Waals surface area (Å²) in [6, 6.07) is 14.2. The number of hydrogen-bond acceptors (Lipinski definition) is 7. The Morgan fingerprint density at radius 2 is 1.86 bits per heavy atom. The minimum atomic E-state index is -1.31. The molecule has 0 aliphatic carbocycles. The Morgan fingerprint density at radius 3 is 2.47 bits per heavy atom. The van der Waals surface area contributed by atoms with Crippen molar-refractivity contribution < 1.29 is 33.7 Å². The Balaban J connectivity index is 1.65. The summed E-state index contributed by atoms with van der Waals surface area (Å²) in [5.41, 5.74) is -1.06. The molecule has 0 aromatic heterocycles. The Labute approximate surface area is 252 Å². The molecule has 5 rings (SSSR count). The minimum absolute atomic E-state index is 0.136. The normalized spacial score (nSPS) is 29.6. The average Bonchev–Trinajstić information content (AvgIpc) is 3.53. The Hall–Kier alpha value is -3.95. The van der Waals surface area contributed by atoms with Crippen molar-refractivity contribution in [2.45, 2.75) is 50.0 Å². The number of methoxy groups -OCH3 is 1. The van der Waals surface area contributed by atoms with Crippen LogP contribution in [0.4, 0.5) is 5.69 Å². The van der Waals surface area contributed by atoms with Crippen LogP contribution in [0, 0.1) is 17.8 Å². The van der Waals surface area contributed by atoms with Crippen LogP contribution in [0.3, 0.4) is 0 Å². The molecule has 2 amide bonds. The van der Waals surface area contributed by atoms with Crippen molar-refractivity contribution in [3.8, 4) is 5.75 Å². The summed E-state index contributed by atoms with van der Waals surface area (Å²) in [4.78, 5) is 46.2. The first-order valence-electron chi connectivity index (χ1n) is 14.7. The molecule has 3 fully saturated rings. The predicted molar refractivity (Wildman–Crippen MR) is 161 cm³/mol. The van der Waals surface area contributed by atoms with Gasteiger partial charge in [0.2, 0.25) is 5.91 Å². The largest absolute Gasteiger partial charge is 0.497 e. The zero-order chi connectivity index (χ0) is 30.9. The molecule has 0 radical (unpaired) electrons. The van der Waals surface area contributed by atoms with E-state index < -0.39 is 53.6 Å². The maximum atomic E-state index is 14.9. The second-order valence-electron chi connectivity index (χ2n) is 11.7. The molecule has 1 spiro atoms. The summed E-state index contributed by atoms with van der Waals surface area (Å²) in [6.07, 6.45) is 4.14. The van der Waals surface area contributed by atoms with Crippen LogP contribution in [-0.2, 0) is 23.9 Å². The highest BCUT2D eigenvalue weighted by Gasteiger charge is 2.81. The number of hydrogen-bond donors (Lipinski definition) is 1. The molecular weight excluding hydrogens is 548 g/mol. The Bertz CT molecular complexity index is 1380. The van der Waals surface area contributed by atoms with E-state index in [1.807, 2.05) is 44.2 Å². The van der Waals surface area contributed by atoms with Crippen LogP contribution in [0.1, 0.15) is 38.3 Å². The van der Waals surface area contributed by atoms with Gasteiger partial charge in [0, 0.05) is 12.2 Å². The number of anilines is 1. The molecule has 3 saturated heterocycles. The number of fused-ring (bicyclic) bond motifs is 1. The van der Waals surface area contributed by atoms with Crippen molar-refractivity contribution in [1.29, 1.82) is 0 Å².